The lowest BCUT2D eigenvalue weighted by Crippen LogP contribution is -2.61. The quantitative estimate of drug-likeness (QED) is 0.0145. The molecule has 0 aromatic heterocycles. The Morgan fingerprint density at radius 2 is 0.972 bits per heavy atom. The van der Waals surface area contributed by atoms with Gasteiger partial charge in [-0.25, -0.2) is 0 Å². The number of hydrogen-bond donors (Lipinski definition) is 20. The number of benzene rings is 3. The summed E-state index contributed by atoms with van der Waals surface area (Å²) >= 11 is 2.67. The van der Waals surface area contributed by atoms with Crippen molar-refractivity contribution in [2.45, 2.75) is 164 Å². The van der Waals surface area contributed by atoms with Crippen molar-refractivity contribution >= 4 is 112 Å². The molecule has 0 spiro atoms. The number of guanidine groups is 1. The minimum absolute atomic E-state index is 0.00614. The summed E-state index contributed by atoms with van der Waals surface area (Å²) in [5, 5.41) is 77.0. The zero-order chi connectivity index (χ0) is 80.0. The third-order valence-electron chi connectivity index (χ3n) is 17.0. The lowest BCUT2D eigenvalue weighted by molar-refractivity contribution is -0.142. The van der Waals surface area contributed by atoms with Crippen LogP contribution in [0, 0.1) is 5.92 Å². The van der Waals surface area contributed by atoms with Crippen molar-refractivity contribution in [3.63, 3.8) is 0 Å². The molecule has 0 saturated carbocycles. The molecule has 0 radical (unpaired) electrons. The highest BCUT2D eigenvalue weighted by Crippen LogP contribution is 2.22. The summed E-state index contributed by atoms with van der Waals surface area (Å²) in [5.41, 5.74) is 24.0. The second-order valence-corrected chi connectivity index (χ2v) is 27.9. The molecule has 108 heavy (non-hydrogen) atoms. The van der Waals surface area contributed by atoms with Gasteiger partial charge in [-0.1, -0.05) is 68.4 Å². The fourth-order valence-corrected chi connectivity index (χ4v) is 12.2. The Balaban J connectivity index is 1.62. The van der Waals surface area contributed by atoms with Gasteiger partial charge in [0.1, 0.15) is 78.5 Å². The van der Waals surface area contributed by atoms with Crippen molar-refractivity contribution in [1.82, 2.24) is 63.4 Å². The number of unbranched alkanes of at least 4 members (excludes halogenated alkanes) is 1. The van der Waals surface area contributed by atoms with E-state index in [1.54, 1.807) is 56.7 Å². The Morgan fingerprint density at radius 3 is 1.46 bits per heavy atom. The smallest absolute Gasteiger partial charge is 0.322 e. The number of carbonyl (C=O) groups excluding carboxylic acids is 12. The van der Waals surface area contributed by atoms with Crippen molar-refractivity contribution in [3.05, 3.63) is 95.6 Å². The van der Waals surface area contributed by atoms with Gasteiger partial charge in [0.25, 0.3) is 0 Å². The normalized spacial score (nSPS) is 15.2. The van der Waals surface area contributed by atoms with Gasteiger partial charge in [0.2, 0.25) is 70.9 Å². The van der Waals surface area contributed by atoms with Gasteiger partial charge in [-0.2, -0.15) is 23.5 Å². The molecule has 3 aromatic carbocycles. The van der Waals surface area contributed by atoms with E-state index in [1.807, 2.05) is 0 Å². The summed E-state index contributed by atoms with van der Waals surface area (Å²) in [5.74, 6) is -13.9. The maximum atomic E-state index is 14.9. The van der Waals surface area contributed by atoms with Gasteiger partial charge in [0, 0.05) is 32.4 Å². The number of aliphatic hydroxyl groups is 1. The van der Waals surface area contributed by atoms with Crippen LogP contribution in [0.4, 0.5) is 0 Å². The summed E-state index contributed by atoms with van der Waals surface area (Å²) < 4.78 is 0. The highest BCUT2D eigenvalue weighted by atomic mass is 32.2. The number of nitrogens with zero attached hydrogens (tertiary/aromatic N) is 2. The van der Waals surface area contributed by atoms with E-state index in [4.69, 9.17) is 33.1 Å². The van der Waals surface area contributed by atoms with Crippen LogP contribution < -0.4 is 81.4 Å². The number of hydrogen-bond acceptors (Lipinski definition) is 22. The highest BCUT2D eigenvalue weighted by Gasteiger charge is 2.41. The number of likely N-dealkylation sites (tertiary alicyclic amines) is 1. The average Bonchev–Trinajstić information content (AvgIpc) is 1.62. The number of phenolic OH excluding ortho intramolecular Hbond substituents is 2. The minimum atomic E-state index is -1.72. The molecule has 3 aromatic rings. The Kier molecular flexibility index (Phi) is 39.5. The predicted octanol–water partition coefficient (Wildman–Crippen LogP) is -4.06. The first-order valence-electron chi connectivity index (χ1n) is 35.1. The molecule has 1 fully saturated rings. The largest absolute Gasteiger partial charge is 0.508 e. The van der Waals surface area contributed by atoms with Gasteiger partial charge in [0.05, 0.1) is 25.6 Å². The number of aliphatic carboxylic acids is 2. The van der Waals surface area contributed by atoms with Gasteiger partial charge >= 0.3 is 11.9 Å². The number of nitrogens with one attached hydrogen (secondary N) is 11. The molecule has 4 rings (SSSR count). The van der Waals surface area contributed by atoms with Crippen LogP contribution in [0.3, 0.4) is 0 Å². The van der Waals surface area contributed by atoms with Gasteiger partial charge in [-0.15, -0.1) is 0 Å². The number of thioether (sulfide) groups is 2. The second kappa shape index (κ2) is 47.4. The molecule has 36 nitrogen and oxygen atoms in total. The number of aliphatic imine (C=N–C) groups is 1. The summed E-state index contributed by atoms with van der Waals surface area (Å²) in [7, 11) is 0. The van der Waals surface area contributed by atoms with Gasteiger partial charge in [0.15, 0.2) is 5.96 Å². The van der Waals surface area contributed by atoms with Crippen molar-refractivity contribution in [2.24, 2.45) is 33.8 Å². The van der Waals surface area contributed by atoms with E-state index in [-0.39, 0.29) is 107 Å². The maximum Gasteiger partial charge on any atom is 0.322 e. The lowest BCUT2D eigenvalue weighted by atomic mass is 9.99. The number of aliphatic hydroxyl groups excluding tert-OH is 1. The molecule has 11 atom stereocenters. The molecule has 594 valence electrons. The Bertz CT molecular complexity index is 3540. The van der Waals surface area contributed by atoms with E-state index in [0.717, 1.165) is 0 Å². The van der Waals surface area contributed by atoms with Gasteiger partial charge < -0.3 is 112 Å². The number of rotatable bonds is 48. The number of aromatic hydroxyl groups is 2. The van der Waals surface area contributed by atoms with Gasteiger partial charge in [-0.3, -0.25) is 72.1 Å². The van der Waals surface area contributed by atoms with Crippen LogP contribution in [0.1, 0.15) is 94.7 Å². The van der Waals surface area contributed by atoms with Crippen LogP contribution >= 0.6 is 23.5 Å². The molecule has 1 heterocycles. The van der Waals surface area contributed by atoms with Crippen LogP contribution in [0.2, 0.25) is 0 Å². The summed E-state index contributed by atoms with van der Waals surface area (Å²) in [4.78, 5) is 197. The zero-order valence-electron chi connectivity index (χ0n) is 60.8. The first-order chi connectivity index (χ1) is 51.4. The lowest BCUT2D eigenvalue weighted by Gasteiger charge is -2.31. The van der Waals surface area contributed by atoms with E-state index in [2.05, 4.69) is 63.5 Å². The van der Waals surface area contributed by atoms with Crippen LogP contribution in [0.5, 0.6) is 11.5 Å². The first-order valence-corrected chi connectivity index (χ1v) is 37.9. The topological polar surface area (TPSA) is 592 Å². The third-order valence-corrected chi connectivity index (χ3v) is 18.3. The summed E-state index contributed by atoms with van der Waals surface area (Å²) in [6.45, 7) is 1.12. The van der Waals surface area contributed by atoms with E-state index >= 15 is 0 Å². The Hall–Kier alpha value is -10.3. The fraction of sp³-hybridized carbons (Fsp3) is 0.529. The maximum absolute atomic E-state index is 14.9. The van der Waals surface area contributed by atoms with E-state index in [1.165, 1.54) is 77.0 Å². The number of carbonyl (C=O) groups is 14. The van der Waals surface area contributed by atoms with Crippen molar-refractivity contribution in [2.75, 3.05) is 63.3 Å². The minimum Gasteiger partial charge on any atom is -0.508 e. The number of nitrogens with two attached hydrogens (primary N) is 4. The molecule has 1 aliphatic rings. The van der Waals surface area contributed by atoms with Crippen molar-refractivity contribution in [3.8, 4) is 11.5 Å². The predicted molar refractivity (Wildman–Crippen MR) is 401 cm³/mol. The van der Waals surface area contributed by atoms with Gasteiger partial charge in [-0.05, 0) is 135 Å². The Labute approximate surface area is 633 Å². The molecular weight excluding hydrogens is 1450 g/mol. The summed E-state index contributed by atoms with van der Waals surface area (Å²) in [6.07, 6.45) is 3.03. The SMILES string of the molecule is CSCC[C@H](NC(=O)[C@H](Cc1ccc(O)cc1)NC(=O)[C@H](CCCN=C(N)N)NC(=O)[C@H](CCCCN)NC(=O)[C@H](CO)NC(=O)[C@@H](N)CC(=O)O)C(=O)N[C@@H](Cc1ccc(O)cc1)C(=O)N[C@H](C(=O)N[C@@H](CCSC)C(=O)N1CCC[C@H]1C(=O)NCC(=O)N[C@@H](Cc1ccccc1)C(=O)NCC(=O)O)C(C)C. The molecule has 1 saturated heterocycles. The Morgan fingerprint density at radius 1 is 0.519 bits per heavy atom. The highest BCUT2D eigenvalue weighted by molar-refractivity contribution is 7.98. The molecule has 1 aliphatic heterocycles. The molecule has 0 bridgehead atoms. The molecule has 24 N–H and O–H groups in total. The molecule has 0 unspecified atom stereocenters. The average molecular weight is 1550 g/mol. The number of carboxylic acid groups (broad SMARTS) is 2. The standard InChI is InChI=1S/C70H103N17O19S2/c1-39(2)58(68(105)82-49(26-31-108-4)69(106)87-29-11-16-54(87)67(104)76-36-55(91)78-50(60(97)77-37-57(94)95)32-40-12-6-5-7-13-40)86-65(102)52(34-42-19-23-44(90)24-20-42)84-63(100)48(25-30-107-3)81-64(101)51(33-41-17-21-43(89)22-18-41)83-62(99)47(15-10-28-75-70(73)74)79-61(98)46(14-8-9-27-71)80-66(103)53(38-88)85-59(96)45(72)35-56(92)93/h5-7,12-13,17-24,39,45-54,58,88-90H,8-11,14-16,25-38,71-72H2,1-4H3,(H,76,104)(H,77,97)(H,78,91)(H,79,98)(H,80,103)(H,81,101)(H,82,105)(H,83,99)(H,84,100)(H,85,96)(H,86,102)(H,92,93)(H,94,95)(H4,73,74,75)/t45-,46-,47-,48-,49-,50-,51-,52-,53-,54-,58-/m0/s1. The fourth-order valence-electron chi connectivity index (χ4n) is 11.2. The number of phenols is 2. The first kappa shape index (κ1) is 90.1. The van der Waals surface area contributed by atoms with Crippen LogP contribution in [0.25, 0.3) is 0 Å². The van der Waals surface area contributed by atoms with E-state index in [9.17, 15) is 82.4 Å². The van der Waals surface area contributed by atoms with Crippen molar-refractivity contribution in [1.29, 1.82) is 0 Å². The monoisotopic (exact) mass is 1550 g/mol. The zero-order valence-corrected chi connectivity index (χ0v) is 62.4. The van der Waals surface area contributed by atoms with E-state index in [0.29, 0.717) is 35.3 Å². The van der Waals surface area contributed by atoms with Crippen molar-refractivity contribution < 1.29 is 92.7 Å². The molecular formula is C70H103N17O19S2. The molecule has 12 amide bonds. The number of amides is 12. The number of carboxylic acids is 2. The van der Waals surface area contributed by atoms with E-state index < -0.39 is 181 Å². The second-order valence-electron chi connectivity index (χ2n) is 25.9. The summed E-state index contributed by atoms with van der Waals surface area (Å²) in [6, 6.07) is 4.03. The van der Waals surface area contributed by atoms with Crippen LogP contribution in [0.15, 0.2) is 83.9 Å². The molecule has 38 heteroatoms. The third kappa shape index (κ3) is 32.0. The molecule has 0 aliphatic carbocycles. The van der Waals surface area contributed by atoms with Crippen LogP contribution in [-0.4, -0.2) is 249 Å². The van der Waals surface area contributed by atoms with Crippen LogP contribution in [-0.2, 0) is 86.4 Å².